The Kier molecular flexibility index (Phi) is 3.08. The number of halogens is 1. The van der Waals surface area contributed by atoms with E-state index in [0.717, 1.165) is 16.6 Å². The molecule has 6 nitrogen and oxygen atoms in total. The van der Waals surface area contributed by atoms with E-state index in [1.165, 1.54) is 0 Å². The molecular formula is C15H10ClN5O. The van der Waals surface area contributed by atoms with Gasteiger partial charge < -0.3 is 4.42 Å². The van der Waals surface area contributed by atoms with Crippen molar-refractivity contribution in [2.24, 2.45) is 0 Å². The molecule has 0 radical (unpaired) electrons. The van der Waals surface area contributed by atoms with Crippen LogP contribution in [0.2, 0.25) is 5.02 Å². The van der Waals surface area contributed by atoms with Gasteiger partial charge in [0.05, 0.1) is 5.52 Å². The van der Waals surface area contributed by atoms with E-state index in [0.29, 0.717) is 23.3 Å². The van der Waals surface area contributed by atoms with Gasteiger partial charge in [-0.1, -0.05) is 28.9 Å². The SMILES string of the molecule is Clc1ccc(-c2nnc(Cn3nnc4ccccc43)o2)cc1. The fourth-order valence-electron chi connectivity index (χ4n) is 2.19. The zero-order valence-corrected chi connectivity index (χ0v) is 12.1. The van der Waals surface area contributed by atoms with Gasteiger partial charge in [0.25, 0.3) is 0 Å². The molecule has 0 unspecified atom stereocenters. The second-order valence-corrected chi connectivity index (χ2v) is 5.18. The molecule has 0 amide bonds. The molecule has 4 aromatic rings. The normalized spacial score (nSPS) is 11.1. The van der Waals surface area contributed by atoms with Crippen LogP contribution >= 0.6 is 11.6 Å². The number of para-hydroxylation sites is 1. The maximum Gasteiger partial charge on any atom is 0.247 e. The van der Waals surface area contributed by atoms with Crippen molar-refractivity contribution in [2.75, 3.05) is 0 Å². The van der Waals surface area contributed by atoms with Crippen LogP contribution in [0.1, 0.15) is 5.89 Å². The topological polar surface area (TPSA) is 69.6 Å². The molecule has 0 N–H and O–H groups in total. The molecule has 0 aliphatic heterocycles. The van der Waals surface area contributed by atoms with Crippen LogP contribution in [-0.4, -0.2) is 25.2 Å². The first-order valence-corrected chi connectivity index (χ1v) is 7.04. The molecule has 2 aromatic heterocycles. The number of rotatable bonds is 3. The third-order valence-electron chi connectivity index (χ3n) is 3.26. The van der Waals surface area contributed by atoms with Crippen LogP contribution in [0, 0.1) is 0 Å². The van der Waals surface area contributed by atoms with E-state index in [1.54, 1.807) is 16.8 Å². The van der Waals surface area contributed by atoms with E-state index < -0.39 is 0 Å². The summed E-state index contributed by atoms with van der Waals surface area (Å²) in [5, 5.41) is 17.0. The number of nitrogens with zero attached hydrogens (tertiary/aromatic N) is 5. The van der Waals surface area contributed by atoms with Crippen LogP contribution in [0.3, 0.4) is 0 Å². The van der Waals surface area contributed by atoms with Gasteiger partial charge in [0, 0.05) is 10.6 Å². The number of fused-ring (bicyclic) bond motifs is 1. The molecule has 0 aliphatic rings. The fourth-order valence-corrected chi connectivity index (χ4v) is 2.31. The van der Waals surface area contributed by atoms with Gasteiger partial charge in [0.1, 0.15) is 12.1 Å². The first kappa shape index (κ1) is 13.0. The summed E-state index contributed by atoms with van der Waals surface area (Å²) >= 11 is 5.87. The summed E-state index contributed by atoms with van der Waals surface area (Å²) in [5.41, 5.74) is 2.58. The Labute approximate surface area is 130 Å². The highest BCUT2D eigenvalue weighted by Crippen LogP contribution is 2.20. The number of benzene rings is 2. The van der Waals surface area contributed by atoms with Gasteiger partial charge in [-0.15, -0.1) is 15.3 Å². The van der Waals surface area contributed by atoms with E-state index in [1.807, 2.05) is 36.4 Å². The summed E-state index contributed by atoms with van der Waals surface area (Å²) in [6.45, 7) is 0.376. The van der Waals surface area contributed by atoms with Crippen molar-refractivity contribution in [3.05, 3.63) is 59.4 Å². The number of hydrogen-bond acceptors (Lipinski definition) is 5. The zero-order valence-electron chi connectivity index (χ0n) is 11.3. The quantitative estimate of drug-likeness (QED) is 0.581. The van der Waals surface area contributed by atoms with Crippen LogP contribution in [0.5, 0.6) is 0 Å². The standard InChI is InChI=1S/C15H10ClN5O/c16-11-7-5-10(6-8-11)15-19-18-14(22-15)9-21-13-4-2-1-3-12(13)17-20-21/h1-8H,9H2. The van der Waals surface area contributed by atoms with Gasteiger partial charge in [0.2, 0.25) is 11.8 Å². The minimum atomic E-state index is 0.376. The Morgan fingerprint density at radius 2 is 1.77 bits per heavy atom. The third kappa shape index (κ3) is 2.33. The van der Waals surface area contributed by atoms with E-state index >= 15 is 0 Å². The van der Waals surface area contributed by atoms with Crippen LogP contribution in [0.15, 0.2) is 52.9 Å². The van der Waals surface area contributed by atoms with Crippen molar-refractivity contribution in [2.45, 2.75) is 6.54 Å². The molecule has 0 spiro atoms. The van der Waals surface area contributed by atoms with Crippen LogP contribution in [0.4, 0.5) is 0 Å². The largest absolute Gasteiger partial charge is 0.419 e. The summed E-state index contributed by atoms with van der Waals surface area (Å²) in [7, 11) is 0. The summed E-state index contributed by atoms with van der Waals surface area (Å²) in [6.07, 6.45) is 0. The lowest BCUT2D eigenvalue weighted by molar-refractivity contribution is 0.474. The van der Waals surface area contributed by atoms with E-state index in [2.05, 4.69) is 20.5 Å². The van der Waals surface area contributed by atoms with Crippen LogP contribution in [-0.2, 0) is 6.54 Å². The minimum Gasteiger partial charge on any atom is -0.419 e. The molecule has 0 fully saturated rings. The Hall–Kier alpha value is -2.73. The highest BCUT2D eigenvalue weighted by molar-refractivity contribution is 6.30. The second kappa shape index (κ2) is 5.23. The van der Waals surface area contributed by atoms with E-state index in [-0.39, 0.29) is 0 Å². The minimum absolute atomic E-state index is 0.376. The third-order valence-corrected chi connectivity index (χ3v) is 3.52. The lowest BCUT2D eigenvalue weighted by Gasteiger charge is -1.97. The summed E-state index contributed by atoms with van der Waals surface area (Å²) in [5.74, 6) is 0.927. The Balaban J connectivity index is 1.63. The Morgan fingerprint density at radius 3 is 2.64 bits per heavy atom. The number of aromatic nitrogens is 5. The first-order valence-electron chi connectivity index (χ1n) is 6.66. The van der Waals surface area contributed by atoms with Crippen molar-refractivity contribution in [1.29, 1.82) is 0 Å². The van der Waals surface area contributed by atoms with Crippen molar-refractivity contribution < 1.29 is 4.42 Å². The number of hydrogen-bond donors (Lipinski definition) is 0. The Morgan fingerprint density at radius 1 is 0.955 bits per heavy atom. The van der Waals surface area contributed by atoms with Gasteiger partial charge >= 0.3 is 0 Å². The average Bonchev–Trinajstić information content (AvgIpc) is 3.16. The summed E-state index contributed by atoms with van der Waals surface area (Å²) < 4.78 is 7.41. The van der Waals surface area contributed by atoms with Crippen molar-refractivity contribution in [1.82, 2.24) is 25.2 Å². The molecule has 0 aliphatic carbocycles. The van der Waals surface area contributed by atoms with Crippen molar-refractivity contribution >= 4 is 22.6 Å². The highest BCUT2D eigenvalue weighted by atomic mass is 35.5. The molecule has 108 valence electrons. The molecule has 2 aromatic carbocycles. The molecule has 0 saturated heterocycles. The van der Waals surface area contributed by atoms with Gasteiger partial charge in [-0.2, -0.15) is 0 Å². The molecular weight excluding hydrogens is 302 g/mol. The van der Waals surface area contributed by atoms with Gasteiger partial charge in [-0.25, -0.2) is 4.68 Å². The zero-order chi connectivity index (χ0) is 14.9. The maximum absolute atomic E-state index is 5.87. The molecule has 4 rings (SSSR count). The van der Waals surface area contributed by atoms with Crippen LogP contribution < -0.4 is 0 Å². The predicted octanol–water partition coefficient (Wildman–Crippen LogP) is 3.18. The smallest absolute Gasteiger partial charge is 0.247 e. The van der Waals surface area contributed by atoms with Crippen LogP contribution in [0.25, 0.3) is 22.5 Å². The first-order chi connectivity index (χ1) is 10.8. The fraction of sp³-hybridized carbons (Fsp3) is 0.0667. The molecule has 22 heavy (non-hydrogen) atoms. The Bertz CT molecular complexity index is 928. The lowest BCUT2D eigenvalue weighted by Crippen LogP contribution is -2.02. The van der Waals surface area contributed by atoms with E-state index in [9.17, 15) is 0 Å². The molecule has 2 heterocycles. The second-order valence-electron chi connectivity index (χ2n) is 4.74. The summed E-state index contributed by atoms with van der Waals surface area (Å²) in [6, 6.07) is 15.0. The maximum atomic E-state index is 5.87. The predicted molar refractivity (Wildman–Crippen MR) is 81.4 cm³/mol. The van der Waals surface area contributed by atoms with E-state index in [4.69, 9.17) is 16.0 Å². The molecule has 0 atom stereocenters. The summed E-state index contributed by atoms with van der Waals surface area (Å²) in [4.78, 5) is 0. The van der Waals surface area contributed by atoms with Crippen molar-refractivity contribution in [3.63, 3.8) is 0 Å². The van der Waals surface area contributed by atoms with Crippen molar-refractivity contribution in [3.8, 4) is 11.5 Å². The van der Waals surface area contributed by atoms with Gasteiger partial charge in [-0.05, 0) is 36.4 Å². The molecule has 7 heteroatoms. The van der Waals surface area contributed by atoms with Gasteiger partial charge in [0.15, 0.2) is 0 Å². The monoisotopic (exact) mass is 311 g/mol. The van der Waals surface area contributed by atoms with Gasteiger partial charge in [-0.3, -0.25) is 0 Å². The lowest BCUT2D eigenvalue weighted by atomic mass is 10.2. The highest BCUT2D eigenvalue weighted by Gasteiger charge is 2.11. The molecule has 0 saturated carbocycles. The molecule has 0 bridgehead atoms. The average molecular weight is 312 g/mol.